The molecule has 0 aromatic heterocycles. The maximum atomic E-state index is 13.5. The molecular weight excluding hydrogens is 379 g/mol. The van der Waals surface area contributed by atoms with E-state index in [4.69, 9.17) is 11.6 Å². The van der Waals surface area contributed by atoms with E-state index in [2.05, 4.69) is 5.32 Å². The molecule has 1 N–H and O–H groups in total. The number of halogens is 2. The van der Waals surface area contributed by atoms with E-state index < -0.39 is 6.04 Å². The highest BCUT2D eigenvalue weighted by atomic mass is 35.5. The van der Waals surface area contributed by atoms with E-state index in [0.717, 1.165) is 51.4 Å². The Balaban J connectivity index is 1.89. The molecule has 2 fully saturated rings. The van der Waals surface area contributed by atoms with E-state index in [1.165, 1.54) is 25.0 Å². The third-order valence-corrected chi connectivity index (χ3v) is 6.26. The van der Waals surface area contributed by atoms with Gasteiger partial charge in [-0.25, -0.2) is 4.39 Å². The lowest BCUT2D eigenvalue weighted by atomic mass is 10.00. The van der Waals surface area contributed by atoms with Gasteiger partial charge in [-0.3, -0.25) is 9.59 Å². The van der Waals surface area contributed by atoms with Gasteiger partial charge in [-0.1, -0.05) is 50.7 Å². The lowest BCUT2D eigenvalue weighted by Crippen LogP contribution is -2.50. The van der Waals surface area contributed by atoms with Gasteiger partial charge in [0, 0.05) is 12.1 Å². The quantitative estimate of drug-likeness (QED) is 0.547. The molecule has 1 atom stereocenters. The molecule has 0 heterocycles. The lowest BCUT2D eigenvalue weighted by molar-refractivity contribution is -0.142. The Morgan fingerprint density at radius 3 is 2.14 bits per heavy atom. The Bertz CT molecular complexity index is 653. The molecule has 0 aliphatic heterocycles. The first-order valence-corrected chi connectivity index (χ1v) is 11.1. The van der Waals surface area contributed by atoms with E-state index in [-0.39, 0.29) is 35.6 Å². The van der Waals surface area contributed by atoms with Crippen molar-refractivity contribution < 1.29 is 14.0 Å². The summed E-state index contributed by atoms with van der Waals surface area (Å²) in [5, 5.41) is 3.19. The van der Waals surface area contributed by atoms with Crippen molar-refractivity contribution in [2.45, 2.75) is 82.3 Å². The molecule has 28 heavy (non-hydrogen) atoms. The van der Waals surface area contributed by atoms with Crippen molar-refractivity contribution in [3.63, 3.8) is 0 Å². The van der Waals surface area contributed by atoms with E-state index >= 15 is 0 Å². The lowest BCUT2D eigenvalue weighted by Gasteiger charge is -2.36. The van der Waals surface area contributed by atoms with Crippen LogP contribution in [0.1, 0.15) is 75.8 Å². The number of alkyl halides is 1. The van der Waals surface area contributed by atoms with Crippen LogP contribution in [0.2, 0.25) is 0 Å². The molecule has 2 aliphatic rings. The third kappa shape index (κ3) is 5.25. The topological polar surface area (TPSA) is 49.4 Å². The van der Waals surface area contributed by atoms with Gasteiger partial charge in [0.2, 0.25) is 11.8 Å². The number of amides is 2. The van der Waals surface area contributed by atoms with Crippen molar-refractivity contribution in [2.24, 2.45) is 0 Å². The molecule has 0 saturated heterocycles. The number of hydrogen-bond donors (Lipinski definition) is 1. The summed E-state index contributed by atoms with van der Waals surface area (Å²) >= 11 is 5.92. The Morgan fingerprint density at radius 2 is 1.57 bits per heavy atom. The number of nitrogens with zero attached hydrogens (tertiary/aromatic N) is 1. The molecule has 6 heteroatoms. The number of carbonyl (C=O) groups excluding carboxylic acids is 2. The Labute approximate surface area is 171 Å². The minimum Gasteiger partial charge on any atom is -0.351 e. The highest BCUT2D eigenvalue weighted by Gasteiger charge is 2.37. The van der Waals surface area contributed by atoms with Crippen LogP contribution in [-0.2, 0) is 9.59 Å². The normalized spacial score (nSPS) is 19.8. The predicted octanol–water partition coefficient (Wildman–Crippen LogP) is 4.72. The highest BCUT2D eigenvalue weighted by Crippen LogP contribution is 2.32. The maximum absolute atomic E-state index is 13.5. The second-order valence-corrected chi connectivity index (χ2v) is 8.29. The van der Waals surface area contributed by atoms with Crippen LogP contribution in [0.5, 0.6) is 0 Å². The number of nitrogens with one attached hydrogen (secondary N) is 1. The summed E-state index contributed by atoms with van der Waals surface area (Å²) < 4.78 is 13.5. The minimum atomic E-state index is -0.766. The minimum absolute atomic E-state index is 0.00110. The van der Waals surface area contributed by atoms with Crippen LogP contribution in [0.4, 0.5) is 4.39 Å². The molecule has 154 valence electrons. The van der Waals surface area contributed by atoms with Crippen molar-refractivity contribution in [3.05, 3.63) is 35.6 Å². The molecule has 2 saturated carbocycles. The average Bonchev–Trinajstić information content (AvgIpc) is 3.10. The average molecular weight is 409 g/mol. The maximum Gasteiger partial charge on any atom is 0.247 e. The van der Waals surface area contributed by atoms with Crippen molar-refractivity contribution in [1.82, 2.24) is 10.2 Å². The van der Waals surface area contributed by atoms with Crippen molar-refractivity contribution in [3.8, 4) is 0 Å². The summed E-state index contributed by atoms with van der Waals surface area (Å²) in [6, 6.07) is 5.28. The predicted molar refractivity (Wildman–Crippen MR) is 109 cm³/mol. The van der Waals surface area contributed by atoms with Crippen molar-refractivity contribution in [1.29, 1.82) is 0 Å². The second kappa shape index (κ2) is 10.2. The van der Waals surface area contributed by atoms with Crippen LogP contribution >= 0.6 is 11.6 Å². The molecule has 3 rings (SSSR count). The van der Waals surface area contributed by atoms with Gasteiger partial charge in [0.05, 0.1) is 0 Å². The fourth-order valence-corrected chi connectivity index (χ4v) is 4.74. The molecule has 2 amide bonds. The first-order chi connectivity index (χ1) is 13.6. The standard InChI is InChI=1S/C22H30ClFN2O2/c23-15-20(27)26(19-9-5-6-10-19)21(16-11-13-17(24)14-12-16)22(28)25-18-7-3-1-2-4-8-18/h11-14,18-19,21H,1-10,15H2,(H,25,28)/t21-/m0/s1. The summed E-state index contributed by atoms with van der Waals surface area (Å²) in [5.41, 5.74) is 0.637. The van der Waals surface area contributed by atoms with Crippen LogP contribution < -0.4 is 5.32 Å². The molecule has 1 aromatic rings. The zero-order chi connectivity index (χ0) is 19.9. The van der Waals surface area contributed by atoms with E-state index in [9.17, 15) is 14.0 Å². The number of benzene rings is 1. The van der Waals surface area contributed by atoms with Gasteiger partial charge in [0.15, 0.2) is 0 Å². The second-order valence-electron chi connectivity index (χ2n) is 8.02. The van der Waals surface area contributed by atoms with Gasteiger partial charge >= 0.3 is 0 Å². The van der Waals surface area contributed by atoms with Gasteiger partial charge in [-0.2, -0.15) is 0 Å². The zero-order valence-electron chi connectivity index (χ0n) is 16.3. The van der Waals surface area contributed by atoms with Crippen LogP contribution in [0.25, 0.3) is 0 Å². The molecule has 0 radical (unpaired) electrons. The number of carbonyl (C=O) groups is 2. The summed E-state index contributed by atoms with van der Waals surface area (Å²) in [4.78, 5) is 27.8. The van der Waals surface area contributed by atoms with Gasteiger partial charge in [-0.15, -0.1) is 11.6 Å². The van der Waals surface area contributed by atoms with Crippen LogP contribution in [0.15, 0.2) is 24.3 Å². The summed E-state index contributed by atoms with van der Waals surface area (Å²) in [5.74, 6) is -0.934. The van der Waals surface area contributed by atoms with E-state index in [1.807, 2.05) is 0 Å². The molecule has 2 aliphatic carbocycles. The highest BCUT2D eigenvalue weighted by molar-refractivity contribution is 6.27. The number of hydrogen-bond acceptors (Lipinski definition) is 2. The van der Waals surface area contributed by atoms with Gasteiger partial charge in [-0.05, 0) is 43.4 Å². The number of rotatable bonds is 6. The third-order valence-electron chi connectivity index (χ3n) is 6.03. The van der Waals surface area contributed by atoms with Crippen molar-refractivity contribution in [2.75, 3.05) is 5.88 Å². The Hall–Kier alpha value is -1.62. The molecule has 0 bridgehead atoms. The summed E-state index contributed by atoms with van der Waals surface area (Å²) in [6.45, 7) is 0. The first kappa shape index (κ1) is 21.1. The first-order valence-electron chi connectivity index (χ1n) is 10.5. The molecule has 4 nitrogen and oxygen atoms in total. The smallest absolute Gasteiger partial charge is 0.247 e. The SMILES string of the molecule is O=C(NC1CCCCCC1)[C@H](c1ccc(F)cc1)N(C(=O)CCl)C1CCCC1. The monoisotopic (exact) mass is 408 g/mol. The van der Waals surface area contributed by atoms with E-state index in [0.29, 0.717) is 5.56 Å². The van der Waals surface area contributed by atoms with Crippen LogP contribution in [0.3, 0.4) is 0 Å². The summed E-state index contributed by atoms with van der Waals surface area (Å²) in [7, 11) is 0. The van der Waals surface area contributed by atoms with E-state index in [1.54, 1.807) is 17.0 Å². The molecule has 0 unspecified atom stereocenters. The summed E-state index contributed by atoms with van der Waals surface area (Å²) in [6.07, 6.45) is 10.4. The van der Waals surface area contributed by atoms with Gasteiger partial charge in [0.25, 0.3) is 0 Å². The Kier molecular flexibility index (Phi) is 7.72. The van der Waals surface area contributed by atoms with Crippen molar-refractivity contribution >= 4 is 23.4 Å². The van der Waals surface area contributed by atoms with Gasteiger partial charge < -0.3 is 10.2 Å². The molecular formula is C22H30ClFN2O2. The van der Waals surface area contributed by atoms with Crippen LogP contribution in [0, 0.1) is 5.82 Å². The zero-order valence-corrected chi connectivity index (χ0v) is 17.1. The largest absolute Gasteiger partial charge is 0.351 e. The Morgan fingerprint density at radius 1 is 1.00 bits per heavy atom. The van der Waals surface area contributed by atoms with Crippen LogP contribution in [-0.4, -0.2) is 34.7 Å². The molecule has 1 aromatic carbocycles. The fourth-order valence-electron chi connectivity index (χ4n) is 4.60. The fraction of sp³-hybridized carbons (Fsp3) is 0.636. The molecule has 0 spiro atoms. The van der Waals surface area contributed by atoms with Gasteiger partial charge in [0.1, 0.15) is 17.7 Å².